The zero-order valence-electron chi connectivity index (χ0n) is 10.8. The molecular formula is C11H8Cl2F3N3O2S. The van der Waals surface area contributed by atoms with Crippen molar-refractivity contribution in [2.45, 2.75) is 11.2 Å². The summed E-state index contributed by atoms with van der Waals surface area (Å²) in [6.45, 7) is 0. The molecular weight excluding hydrogens is 366 g/mol. The third kappa shape index (κ3) is 3.31. The third-order valence-corrected chi connectivity index (χ3v) is 4.71. The molecule has 1 aromatic carbocycles. The topological polar surface area (TPSA) is 64.0 Å². The molecule has 120 valence electrons. The Morgan fingerprint density at radius 1 is 1.27 bits per heavy atom. The standard InChI is InChI=1S/C11H8Cl2F3N3O2S/c1-19-5-17-10(9(19)13)22(20,21)18-8-3-2-6(12)4-7(8)11(14,15)16/h2-5,18H,1H3. The molecule has 0 amide bonds. The fourth-order valence-electron chi connectivity index (χ4n) is 1.61. The molecule has 2 rings (SSSR count). The molecule has 0 saturated heterocycles. The number of halogens is 5. The Kier molecular flexibility index (Phi) is 4.33. The van der Waals surface area contributed by atoms with Crippen molar-refractivity contribution in [2.75, 3.05) is 4.72 Å². The molecule has 0 aliphatic rings. The first-order valence-corrected chi connectivity index (χ1v) is 7.82. The number of hydrogen-bond donors (Lipinski definition) is 1. The van der Waals surface area contributed by atoms with E-state index in [2.05, 4.69) is 4.98 Å². The van der Waals surface area contributed by atoms with Crippen molar-refractivity contribution in [3.05, 3.63) is 40.3 Å². The number of benzene rings is 1. The molecule has 0 unspecified atom stereocenters. The Morgan fingerprint density at radius 3 is 2.41 bits per heavy atom. The molecule has 0 atom stereocenters. The van der Waals surface area contributed by atoms with Gasteiger partial charge in [-0.1, -0.05) is 23.2 Å². The minimum atomic E-state index is -4.78. The van der Waals surface area contributed by atoms with Gasteiger partial charge in [0, 0.05) is 12.1 Å². The van der Waals surface area contributed by atoms with E-state index < -0.39 is 32.5 Å². The van der Waals surface area contributed by atoms with Gasteiger partial charge < -0.3 is 4.57 Å². The second-order valence-electron chi connectivity index (χ2n) is 4.24. The molecule has 0 aliphatic carbocycles. The summed E-state index contributed by atoms with van der Waals surface area (Å²) in [6, 6.07) is 2.67. The summed E-state index contributed by atoms with van der Waals surface area (Å²) in [6.07, 6.45) is -3.65. The van der Waals surface area contributed by atoms with E-state index in [0.717, 1.165) is 18.5 Å². The largest absolute Gasteiger partial charge is 0.418 e. The molecule has 11 heteroatoms. The quantitative estimate of drug-likeness (QED) is 0.894. The molecule has 22 heavy (non-hydrogen) atoms. The number of alkyl halides is 3. The molecule has 0 radical (unpaired) electrons. The van der Waals surface area contributed by atoms with Crippen molar-refractivity contribution >= 4 is 38.9 Å². The van der Waals surface area contributed by atoms with Crippen LogP contribution in [0, 0.1) is 0 Å². The van der Waals surface area contributed by atoms with Gasteiger partial charge in [0.25, 0.3) is 10.0 Å². The lowest BCUT2D eigenvalue weighted by Gasteiger charge is -2.14. The third-order valence-electron chi connectivity index (χ3n) is 2.62. The molecule has 0 bridgehead atoms. The smallest absolute Gasteiger partial charge is 0.324 e. The first-order valence-electron chi connectivity index (χ1n) is 5.59. The van der Waals surface area contributed by atoms with Gasteiger partial charge in [-0.05, 0) is 18.2 Å². The van der Waals surface area contributed by atoms with Crippen molar-refractivity contribution in [1.82, 2.24) is 9.55 Å². The van der Waals surface area contributed by atoms with E-state index in [0.29, 0.717) is 6.07 Å². The minimum absolute atomic E-state index is 0.175. The number of imidazole rings is 1. The zero-order chi connectivity index (χ0) is 16.7. The fraction of sp³-hybridized carbons (Fsp3) is 0.182. The second-order valence-corrected chi connectivity index (χ2v) is 6.64. The highest BCUT2D eigenvalue weighted by Gasteiger charge is 2.35. The highest BCUT2D eigenvalue weighted by Crippen LogP contribution is 2.37. The van der Waals surface area contributed by atoms with Crippen LogP contribution in [0.1, 0.15) is 5.56 Å². The van der Waals surface area contributed by atoms with Crippen molar-refractivity contribution in [3.63, 3.8) is 0 Å². The summed E-state index contributed by atoms with van der Waals surface area (Å²) < 4.78 is 66.1. The number of rotatable bonds is 3. The van der Waals surface area contributed by atoms with E-state index in [4.69, 9.17) is 23.2 Å². The maximum Gasteiger partial charge on any atom is 0.418 e. The molecule has 1 aromatic heterocycles. The van der Waals surface area contributed by atoms with Crippen LogP contribution in [0.5, 0.6) is 0 Å². The number of sulfonamides is 1. The number of aromatic nitrogens is 2. The Labute approximate surface area is 133 Å². The normalized spacial score (nSPS) is 12.5. The first-order chi connectivity index (χ1) is 10.0. The van der Waals surface area contributed by atoms with Crippen molar-refractivity contribution in [2.24, 2.45) is 7.05 Å². The number of aryl methyl sites for hydroxylation is 1. The first kappa shape index (κ1) is 16.9. The van der Waals surface area contributed by atoms with Gasteiger partial charge in [0.1, 0.15) is 5.15 Å². The van der Waals surface area contributed by atoms with E-state index >= 15 is 0 Å². The fourth-order valence-corrected chi connectivity index (χ4v) is 3.29. The van der Waals surface area contributed by atoms with E-state index in [1.807, 2.05) is 4.72 Å². The Bertz CT molecular complexity index is 818. The minimum Gasteiger partial charge on any atom is -0.324 e. The van der Waals surface area contributed by atoms with Crippen molar-refractivity contribution < 1.29 is 21.6 Å². The molecule has 0 aliphatic heterocycles. The molecule has 5 nitrogen and oxygen atoms in total. The maximum absolute atomic E-state index is 13.0. The summed E-state index contributed by atoms with van der Waals surface area (Å²) in [5.74, 6) is 0. The van der Waals surface area contributed by atoms with Gasteiger partial charge in [0.15, 0.2) is 0 Å². The van der Waals surface area contributed by atoms with Gasteiger partial charge in [0.05, 0.1) is 17.6 Å². The Morgan fingerprint density at radius 2 is 1.91 bits per heavy atom. The average molecular weight is 374 g/mol. The number of anilines is 1. The van der Waals surface area contributed by atoms with E-state index in [-0.39, 0.29) is 10.2 Å². The molecule has 1 heterocycles. The van der Waals surface area contributed by atoms with Crippen LogP contribution in [0.15, 0.2) is 29.6 Å². The summed E-state index contributed by atoms with van der Waals surface area (Å²) >= 11 is 11.3. The zero-order valence-corrected chi connectivity index (χ0v) is 13.1. The molecule has 0 fully saturated rings. The highest BCUT2D eigenvalue weighted by atomic mass is 35.5. The van der Waals surface area contributed by atoms with Gasteiger partial charge in [-0.2, -0.15) is 21.6 Å². The van der Waals surface area contributed by atoms with Crippen LogP contribution in [0.2, 0.25) is 10.2 Å². The Balaban J connectivity index is 2.49. The van der Waals surface area contributed by atoms with E-state index in [1.165, 1.54) is 11.6 Å². The number of hydrogen-bond acceptors (Lipinski definition) is 3. The van der Waals surface area contributed by atoms with E-state index in [1.54, 1.807) is 0 Å². The number of nitrogens with zero attached hydrogens (tertiary/aromatic N) is 2. The summed E-state index contributed by atoms with van der Waals surface area (Å²) in [5.41, 5.74) is -1.88. The lowest BCUT2D eigenvalue weighted by Crippen LogP contribution is -2.18. The van der Waals surface area contributed by atoms with Gasteiger partial charge in [-0.25, -0.2) is 4.98 Å². The second kappa shape index (κ2) is 5.64. The maximum atomic E-state index is 13.0. The van der Waals surface area contributed by atoms with Crippen LogP contribution >= 0.6 is 23.2 Å². The van der Waals surface area contributed by atoms with Crippen LogP contribution in [0.25, 0.3) is 0 Å². The van der Waals surface area contributed by atoms with Gasteiger partial charge in [-0.15, -0.1) is 0 Å². The monoisotopic (exact) mass is 373 g/mol. The number of nitrogens with one attached hydrogen (secondary N) is 1. The lowest BCUT2D eigenvalue weighted by atomic mass is 10.2. The Hall–Kier alpha value is -1.45. The molecule has 0 spiro atoms. The average Bonchev–Trinajstić information content (AvgIpc) is 2.71. The van der Waals surface area contributed by atoms with Gasteiger partial charge in [-0.3, -0.25) is 4.72 Å². The van der Waals surface area contributed by atoms with Crippen LogP contribution < -0.4 is 4.72 Å². The van der Waals surface area contributed by atoms with Crippen LogP contribution in [-0.2, 0) is 23.2 Å². The van der Waals surface area contributed by atoms with Crippen LogP contribution in [-0.4, -0.2) is 18.0 Å². The van der Waals surface area contributed by atoms with Crippen LogP contribution in [0.4, 0.5) is 18.9 Å². The lowest BCUT2D eigenvalue weighted by molar-refractivity contribution is -0.136. The van der Waals surface area contributed by atoms with Gasteiger partial charge in [0.2, 0.25) is 5.03 Å². The van der Waals surface area contributed by atoms with E-state index in [9.17, 15) is 21.6 Å². The SMILES string of the molecule is Cn1cnc(S(=O)(=O)Nc2ccc(Cl)cc2C(F)(F)F)c1Cl. The predicted molar refractivity (Wildman–Crippen MR) is 75.5 cm³/mol. The molecule has 2 aromatic rings. The van der Waals surface area contributed by atoms with Crippen LogP contribution in [0.3, 0.4) is 0 Å². The molecule has 0 saturated carbocycles. The molecule has 1 N–H and O–H groups in total. The summed E-state index contributed by atoms with van der Waals surface area (Å²) in [7, 11) is -2.93. The van der Waals surface area contributed by atoms with Crippen molar-refractivity contribution in [3.8, 4) is 0 Å². The van der Waals surface area contributed by atoms with Crippen molar-refractivity contribution in [1.29, 1.82) is 0 Å². The highest BCUT2D eigenvalue weighted by molar-refractivity contribution is 7.92. The van der Waals surface area contributed by atoms with Gasteiger partial charge >= 0.3 is 6.18 Å². The summed E-state index contributed by atoms with van der Waals surface area (Å²) in [4.78, 5) is 3.57. The predicted octanol–water partition coefficient (Wildman–Crippen LogP) is 3.55. The summed E-state index contributed by atoms with van der Waals surface area (Å²) in [5, 5.41) is -0.971.